The van der Waals surface area contributed by atoms with Gasteiger partial charge in [0.2, 0.25) is 8.32 Å². The van der Waals surface area contributed by atoms with E-state index in [-0.39, 0.29) is 16.9 Å². The van der Waals surface area contributed by atoms with Gasteiger partial charge in [0.1, 0.15) is 0 Å². The van der Waals surface area contributed by atoms with Gasteiger partial charge in [-0.2, -0.15) is 5.26 Å². The number of nitrogens with zero attached hydrogens (tertiary/aromatic N) is 1. The number of rotatable bonds is 6. The minimum atomic E-state index is -1.90. The Balaban J connectivity index is 2.98. The normalized spacial score (nSPS) is 25.2. The maximum Gasteiger partial charge on any atom is 0.306 e. The molecule has 0 amide bonds. The first kappa shape index (κ1) is 21.8. The lowest BCUT2D eigenvalue weighted by atomic mass is 9.71. The standard InChI is InChI=1S/C20H35NO3Si/c1-7-23-18(22)15-17-11-9-8-10-12-20(17,16-21)13-14-24-25(5,6)19(2,3)4/h13-14,17H,7-12,15H2,1-6H3/b14-13+. The van der Waals surface area contributed by atoms with Gasteiger partial charge >= 0.3 is 5.97 Å². The van der Waals surface area contributed by atoms with E-state index in [9.17, 15) is 10.1 Å². The van der Waals surface area contributed by atoms with Gasteiger partial charge in [-0.15, -0.1) is 0 Å². The Morgan fingerprint density at radius 1 is 1.32 bits per heavy atom. The molecule has 0 aromatic heterocycles. The monoisotopic (exact) mass is 365 g/mol. The number of esters is 1. The lowest BCUT2D eigenvalue weighted by Crippen LogP contribution is -2.39. The fourth-order valence-electron chi connectivity index (χ4n) is 3.06. The van der Waals surface area contributed by atoms with Crippen LogP contribution in [0.15, 0.2) is 12.3 Å². The third-order valence-electron chi connectivity index (χ3n) is 5.83. The van der Waals surface area contributed by atoms with E-state index < -0.39 is 13.7 Å². The van der Waals surface area contributed by atoms with E-state index in [1.165, 1.54) is 0 Å². The first-order valence-electron chi connectivity index (χ1n) is 9.50. The van der Waals surface area contributed by atoms with Crippen molar-refractivity contribution in [2.75, 3.05) is 6.61 Å². The second-order valence-corrected chi connectivity index (χ2v) is 13.4. The van der Waals surface area contributed by atoms with Crippen LogP contribution in [0, 0.1) is 22.7 Å². The van der Waals surface area contributed by atoms with Gasteiger partial charge in [0.05, 0.1) is 30.8 Å². The maximum atomic E-state index is 12.0. The van der Waals surface area contributed by atoms with Crippen LogP contribution in [0.3, 0.4) is 0 Å². The highest BCUT2D eigenvalue weighted by Gasteiger charge is 2.41. The van der Waals surface area contributed by atoms with Crippen LogP contribution in [0.1, 0.15) is 66.2 Å². The molecule has 0 saturated heterocycles. The lowest BCUT2D eigenvalue weighted by molar-refractivity contribution is -0.144. The minimum absolute atomic E-state index is 0.00156. The first-order chi connectivity index (χ1) is 11.6. The second kappa shape index (κ2) is 8.89. The topological polar surface area (TPSA) is 59.3 Å². The summed E-state index contributed by atoms with van der Waals surface area (Å²) in [5.74, 6) is -0.203. The molecule has 1 saturated carbocycles. The first-order valence-corrected chi connectivity index (χ1v) is 12.4. The van der Waals surface area contributed by atoms with Crippen molar-refractivity contribution in [1.29, 1.82) is 5.26 Å². The number of carbonyl (C=O) groups excluding carboxylic acids is 1. The Morgan fingerprint density at radius 3 is 2.56 bits per heavy atom. The average molecular weight is 366 g/mol. The average Bonchev–Trinajstić information content (AvgIpc) is 2.69. The van der Waals surface area contributed by atoms with Gasteiger partial charge in [-0.25, -0.2) is 0 Å². The smallest absolute Gasteiger partial charge is 0.306 e. The summed E-state index contributed by atoms with van der Waals surface area (Å²) in [6.45, 7) is 13.2. The van der Waals surface area contributed by atoms with Crippen LogP contribution in [-0.4, -0.2) is 20.9 Å². The molecule has 0 radical (unpaired) electrons. The highest BCUT2D eigenvalue weighted by Crippen LogP contribution is 2.43. The third-order valence-corrected chi connectivity index (χ3v) is 10.2. The number of hydrogen-bond acceptors (Lipinski definition) is 4. The van der Waals surface area contributed by atoms with Crippen molar-refractivity contribution in [3.8, 4) is 6.07 Å². The van der Waals surface area contributed by atoms with E-state index in [4.69, 9.17) is 9.16 Å². The van der Waals surface area contributed by atoms with Crippen molar-refractivity contribution in [1.82, 2.24) is 0 Å². The van der Waals surface area contributed by atoms with Crippen molar-refractivity contribution in [3.63, 3.8) is 0 Å². The molecular formula is C20H35NO3Si. The van der Waals surface area contributed by atoms with E-state index in [0.717, 1.165) is 32.1 Å². The molecule has 142 valence electrons. The van der Waals surface area contributed by atoms with Crippen molar-refractivity contribution in [2.24, 2.45) is 11.3 Å². The molecule has 2 unspecified atom stereocenters. The van der Waals surface area contributed by atoms with Gasteiger partial charge in [-0.1, -0.05) is 40.0 Å². The molecule has 2 atom stereocenters. The summed E-state index contributed by atoms with van der Waals surface area (Å²) >= 11 is 0. The highest BCUT2D eigenvalue weighted by atomic mass is 28.4. The molecule has 0 bridgehead atoms. The third kappa shape index (κ3) is 5.88. The van der Waals surface area contributed by atoms with E-state index in [1.54, 1.807) is 6.26 Å². The molecule has 1 fully saturated rings. The summed E-state index contributed by atoms with van der Waals surface area (Å²) in [7, 11) is -1.90. The Labute approximate surface area is 154 Å². The number of carbonyl (C=O) groups is 1. The van der Waals surface area contributed by atoms with Gasteiger partial charge in [0.15, 0.2) is 0 Å². The molecule has 0 heterocycles. The summed E-state index contributed by atoms with van der Waals surface area (Å²) in [5, 5.41) is 10.1. The van der Waals surface area contributed by atoms with Crippen molar-refractivity contribution in [3.05, 3.63) is 12.3 Å². The number of ether oxygens (including phenoxy) is 1. The summed E-state index contributed by atoms with van der Waals surface area (Å²) in [6, 6.07) is 2.52. The van der Waals surface area contributed by atoms with E-state index in [2.05, 4.69) is 39.9 Å². The van der Waals surface area contributed by atoms with Gasteiger partial charge in [-0.05, 0) is 49.9 Å². The molecule has 0 aromatic rings. The van der Waals surface area contributed by atoms with Crippen LogP contribution in [0.4, 0.5) is 0 Å². The maximum absolute atomic E-state index is 12.0. The number of nitriles is 1. The molecule has 0 aliphatic heterocycles. The van der Waals surface area contributed by atoms with Crippen LogP contribution in [0.25, 0.3) is 0 Å². The number of hydrogen-bond donors (Lipinski definition) is 0. The fraction of sp³-hybridized carbons (Fsp3) is 0.800. The Kier molecular flexibility index (Phi) is 7.74. The summed E-state index contributed by atoms with van der Waals surface area (Å²) in [5.41, 5.74) is -0.633. The van der Waals surface area contributed by atoms with E-state index >= 15 is 0 Å². The summed E-state index contributed by atoms with van der Waals surface area (Å²) in [6.07, 6.45) is 8.85. The minimum Gasteiger partial charge on any atom is -0.549 e. The van der Waals surface area contributed by atoms with Gasteiger partial charge < -0.3 is 9.16 Å². The zero-order chi connectivity index (χ0) is 19.1. The number of allylic oxidation sites excluding steroid dienone is 1. The molecule has 1 rings (SSSR count). The van der Waals surface area contributed by atoms with Gasteiger partial charge in [0.25, 0.3) is 0 Å². The molecule has 1 aliphatic rings. The summed E-state index contributed by atoms with van der Waals surface area (Å²) < 4.78 is 11.3. The van der Waals surface area contributed by atoms with Crippen LogP contribution >= 0.6 is 0 Å². The SMILES string of the molecule is CCOC(=O)CC1CCCCCC1(C#N)/C=C/O[Si](C)(C)C(C)(C)C. The fourth-order valence-corrected chi connectivity index (χ4v) is 3.82. The Hall–Kier alpha value is -1.28. The quantitative estimate of drug-likeness (QED) is 0.267. The summed E-state index contributed by atoms with van der Waals surface area (Å²) in [4.78, 5) is 12.0. The van der Waals surface area contributed by atoms with Crippen molar-refractivity contribution >= 4 is 14.3 Å². The van der Waals surface area contributed by atoms with Crippen molar-refractivity contribution < 1.29 is 14.0 Å². The zero-order valence-corrected chi connectivity index (χ0v) is 17.9. The molecule has 0 spiro atoms. The molecule has 0 N–H and O–H groups in total. The van der Waals surface area contributed by atoms with Crippen LogP contribution in [0.5, 0.6) is 0 Å². The predicted molar refractivity (Wildman–Crippen MR) is 103 cm³/mol. The largest absolute Gasteiger partial charge is 0.549 e. The van der Waals surface area contributed by atoms with E-state index in [1.807, 2.05) is 13.0 Å². The zero-order valence-electron chi connectivity index (χ0n) is 16.9. The molecule has 4 nitrogen and oxygen atoms in total. The molecule has 0 aromatic carbocycles. The van der Waals surface area contributed by atoms with Crippen LogP contribution < -0.4 is 0 Å². The molecule has 1 aliphatic carbocycles. The van der Waals surface area contributed by atoms with Gasteiger partial charge in [-0.3, -0.25) is 4.79 Å². The molecule has 25 heavy (non-hydrogen) atoms. The second-order valence-electron chi connectivity index (χ2n) is 8.64. The molecule has 5 heteroatoms. The van der Waals surface area contributed by atoms with Crippen LogP contribution in [-0.2, 0) is 14.0 Å². The predicted octanol–water partition coefficient (Wildman–Crippen LogP) is 5.57. The Bertz CT molecular complexity index is 516. The molecular weight excluding hydrogens is 330 g/mol. The van der Waals surface area contributed by atoms with Gasteiger partial charge in [0, 0.05) is 0 Å². The van der Waals surface area contributed by atoms with Crippen LogP contribution in [0.2, 0.25) is 18.1 Å². The highest BCUT2D eigenvalue weighted by molar-refractivity contribution is 6.74. The van der Waals surface area contributed by atoms with Crippen molar-refractivity contribution in [2.45, 2.75) is 84.4 Å². The lowest BCUT2D eigenvalue weighted by Gasteiger charge is -2.36. The Morgan fingerprint density at radius 2 is 2.00 bits per heavy atom. The van der Waals surface area contributed by atoms with E-state index in [0.29, 0.717) is 13.0 Å².